The fraction of sp³-hybridized carbons (Fsp3) is 0.318. The lowest BCUT2D eigenvalue weighted by Crippen LogP contribution is -2.30. The molecule has 2 aromatic carbocycles. The van der Waals surface area contributed by atoms with E-state index in [9.17, 15) is 13.2 Å². The van der Waals surface area contributed by atoms with Gasteiger partial charge in [-0.05, 0) is 42.6 Å². The summed E-state index contributed by atoms with van der Waals surface area (Å²) < 4.78 is 48.6. The summed E-state index contributed by atoms with van der Waals surface area (Å²) in [5, 5.41) is 3.29. The summed E-state index contributed by atoms with van der Waals surface area (Å²) >= 11 is 0. The van der Waals surface area contributed by atoms with Crippen molar-refractivity contribution in [2.45, 2.75) is 6.61 Å². The Labute approximate surface area is 179 Å². The average Bonchev–Trinajstić information content (AvgIpc) is 3.05. The normalized spacial score (nSPS) is 25.4. The fourth-order valence-corrected chi connectivity index (χ4v) is 5.33. The molecule has 2 unspecified atom stereocenters. The van der Waals surface area contributed by atoms with Crippen molar-refractivity contribution < 1.29 is 22.3 Å². The first-order valence-electron chi connectivity index (χ1n) is 9.99. The number of anilines is 1. The number of hydrogen-bond acceptors (Lipinski definition) is 5. The Bertz CT molecular complexity index is 1200. The van der Waals surface area contributed by atoms with Gasteiger partial charge in [-0.25, -0.2) is 13.4 Å². The standard InChI is InChI=1S/C22H20FN3O4S/c23-21-15(6-8-16-17-10-24-11-18(16)17)7-9-19(30-13-14-4-2-1-3-5-14)22(21)26-12-20(27)25-31(26,28)29/h1-5,7,9,16-18,24H,10-13H2,(H,25,27)/t16?,17-,18?/m1/s1. The molecule has 0 aromatic heterocycles. The molecule has 0 spiro atoms. The minimum absolute atomic E-state index is 0.0273. The smallest absolute Gasteiger partial charge is 0.326 e. The van der Waals surface area contributed by atoms with Crippen LogP contribution < -0.4 is 19.1 Å². The molecular formula is C22H20FN3O4S. The Balaban J connectivity index is 1.49. The highest BCUT2D eigenvalue weighted by molar-refractivity contribution is 7.92. The zero-order valence-electron chi connectivity index (χ0n) is 16.5. The topological polar surface area (TPSA) is 87.7 Å². The fourth-order valence-electron chi connectivity index (χ4n) is 4.17. The zero-order valence-corrected chi connectivity index (χ0v) is 17.3. The van der Waals surface area contributed by atoms with E-state index in [4.69, 9.17) is 4.74 Å². The number of ether oxygens (including phenoxy) is 1. The number of rotatable bonds is 4. The van der Waals surface area contributed by atoms with E-state index in [0.717, 1.165) is 18.7 Å². The monoisotopic (exact) mass is 441 g/mol. The summed E-state index contributed by atoms with van der Waals surface area (Å²) in [5.41, 5.74) is 0.610. The van der Waals surface area contributed by atoms with Crippen LogP contribution >= 0.6 is 0 Å². The Hall–Kier alpha value is -3.09. The predicted octanol–water partition coefficient (Wildman–Crippen LogP) is 1.40. The van der Waals surface area contributed by atoms with Crippen LogP contribution in [-0.2, 0) is 21.6 Å². The van der Waals surface area contributed by atoms with Crippen LogP contribution in [0.2, 0.25) is 0 Å². The highest BCUT2D eigenvalue weighted by atomic mass is 32.2. The minimum atomic E-state index is -4.21. The SMILES string of the molecule is O=C1CN(c2c(OCc3ccccc3)ccc(C#CC3C4CNC[C@H]34)c2F)S(=O)(=O)N1. The molecule has 5 rings (SSSR count). The molecule has 2 aliphatic heterocycles. The second-order valence-electron chi connectivity index (χ2n) is 7.87. The zero-order chi connectivity index (χ0) is 21.6. The van der Waals surface area contributed by atoms with Crippen LogP contribution in [0.5, 0.6) is 5.75 Å². The average molecular weight is 441 g/mol. The summed E-state index contributed by atoms with van der Waals surface area (Å²) in [6.07, 6.45) is 0. The van der Waals surface area contributed by atoms with Gasteiger partial charge in [0.15, 0.2) is 5.82 Å². The number of benzene rings is 2. The number of amides is 1. The van der Waals surface area contributed by atoms with E-state index in [0.29, 0.717) is 16.1 Å². The maximum absolute atomic E-state index is 15.5. The second kappa shape index (κ2) is 7.55. The van der Waals surface area contributed by atoms with E-state index in [2.05, 4.69) is 17.2 Å². The van der Waals surface area contributed by atoms with Gasteiger partial charge in [-0.15, -0.1) is 0 Å². The quantitative estimate of drug-likeness (QED) is 0.701. The number of fused-ring (bicyclic) bond motifs is 1. The first kappa shape index (κ1) is 19.8. The van der Waals surface area contributed by atoms with Gasteiger partial charge in [-0.3, -0.25) is 4.79 Å². The third-order valence-corrected chi connectivity index (χ3v) is 7.23. The van der Waals surface area contributed by atoms with Crippen molar-refractivity contribution in [2.24, 2.45) is 17.8 Å². The number of carbonyl (C=O) groups is 1. The highest BCUT2D eigenvalue weighted by Crippen LogP contribution is 2.48. The Kier molecular flexibility index (Phi) is 4.84. The van der Waals surface area contributed by atoms with Gasteiger partial charge in [-0.1, -0.05) is 42.2 Å². The van der Waals surface area contributed by atoms with Crippen LogP contribution in [0.4, 0.5) is 10.1 Å². The van der Waals surface area contributed by atoms with Crippen LogP contribution in [0.25, 0.3) is 0 Å². The van der Waals surface area contributed by atoms with Gasteiger partial charge in [0.25, 0.3) is 5.91 Å². The molecule has 2 N–H and O–H groups in total. The maximum atomic E-state index is 15.5. The summed E-state index contributed by atoms with van der Waals surface area (Å²) in [7, 11) is -4.21. The van der Waals surface area contributed by atoms with Crippen molar-refractivity contribution in [3.05, 3.63) is 59.4 Å². The third-order valence-electron chi connectivity index (χ3n) is 5.85. The van der Waals surface area contributed by atoms with Gasteiger partial charge in [0, 0.05) is 5.92 Å². The van der Waals surface area contributed by atoms with Crippen LogP contribution in [0, 0.1) is 35.4 Å². The van der Waals surface area contributed by atoms with Crippen molar-refractivity contribution in [3.8, 4) is 17.6 Å². The number of halogens is 1. The molecule has 0 bridgehead atoms. The first-order valence-corrected chi connectivity index (χ1v) is 11.4. The largest absolute Gasteiger partial charge is 0.487 e. The molecule has 160 valence electrons. The van der Waals surface area contributed by atoms with Crippen molar-refractivity contribution in [2.75, 3.05) is 23.9 Å². The lowest BCUT2D eigenvalue weighted by atomic mass is 10.1. The number of piperidine rings is 1. The van der Waals surface area contributed by atoms with Crippen molar-refractivity contribution in [3.63, 3.8) is 0 Å². The third kappa shape index (κ3) is 3.73. The molecule has 3 atom stereocenters. The lowest BCUT2D eigenvalue weighted by molar-refractivity contribution is -0.117. The van der Waals surface area contributed by atoms with Gasteiger partial charge in [0.1, 0.15) is 24.6 Å². The van der Waals surface area contributed by atoms with Crippen LogP contribution in [-0.4, -0.2) is 34.0 Å². The van der Waals surface area contributed by atoms with Crippen molar-refractivity contribution in [1.82, 2.24) is 10.0 Å². The Morgan fingerprint density at radius 2 is 1.87 bits per heavy atom. The summed E-state index contributed by atoms with van der Waals surface area (Å²) in [4.78, 5) is 11.7. The molecule has 2 aromatic rings. The Morgan fingerprint density at radius 1 is 1.13 bits per heavy atom. The molecule has 0 radical (unpaired) electrons. The van der Waals surface area contributed by atoms with E-state index in [1.807, 2.05) is 35.1 Å². The van der Waals surface area contributed by atoms with Gasteiger partial charge >= 0.3 is 10.2 Å². The molecule has 2 saturated heterocycles. The van der Waals surface area contributed by atoms with Crippen LogP contribution in [0.15, 0.2) is 42.5 Å². The van der Waals surface area contributed by atoms with Crippen LogP contribution in [0.3, 0.4) is 0 Å². The van der Waals surface area contributed by atoms with E-state index < -0.39 is 28.5 Å². The van der Waals surface area contributed by atoms with E-state index >= 15 is 4.39 Å². The molecule has 1 saturated carbocycles. The molecular weight excluding hydrogens is 421 g/mol. The first-order chi connectivity index (χ1) is 14.9. The van der Waals surface area contributed by atoms with E-state index in [1.165, 1.54) is 12.1 Å². The van der Waals surface area contributed by atoms with Gasteiger partial charge < -0.3 is 10.1 Å². The van der Waals surface area contributed by atoms with Gasteiger partial charge in [-0.2, -0.15) is 8.42 Å². The maximum Gasteiger partial charge on any atom is 0.326 e. The molecule has 3 aliphatic rings. The number of nitrogens with one attached hydrogen (secondary N) is 2. The van der Waals surface area contributed by atoms with E-state index in [1.54, 1.807) is 0 Å². The molecule has 2 heterocycles. The molecule has 3 fully saturated rings. The molecule has 1 aliphatic carbocycles. The summed E-state index contributed by atoms with van der Waals surface area (Å²) in [6, 6.07) is 12.2. The molecule has 31 heavy (non-hydrogen) atoms. The predicted molar refractivity (Wildman–Crippen MR) is 112 cm³/mol. The lowest BCUT2D eigenvalue weighted by Gasteiger charge is -2.20. The number of nitrogens with zero attached hydrogens (tertiary/aromatic N) is 1. The van der Waals surface area contributed by atoms with Crippen molar-refractivity contribution in [1.29, 1.82) is 0 Å². The summed E-state index contributed by atoms with van der Waals surface area (Å²) in [5.74, 6) is 5.71. The Morgan fingerprint density at radius 3 is 2.55 bits per heavy atom. The van der Waals surface area contributed by atoms with E-state index in [-0.39, 0.29) is 29.5 Å². The van der Waals surface area contributed by atoms with Crippen LogP contribution in [0.1, 0.15) is 11.1 Å². The van der Waals surface area contributed by atoms with Gasteiger partial charge in [0.2, 0.25) is 0 Å². The second-order valence-corrected chi connectivity index (χ2v) is 9.46. The molecule has 9 heteroatoms. The molecule has 7 nitrogen and oxygen atoms in total. The van der Waals surface area contributed by atoms with Crippen molar-refractivity contribution >= 4 is 21.8 Å². The number of carbonyl (C=O) groups excluding carboxylic acids is 1. The minimum Gasteiger partial charge on any atom is -0.487 e. The molecule has 1 amide bonds. The number of hydrogen-bond donors (Lipinski definition) is 2. The van der Waals surface area contributed by atoms with Gasteiger partial charge in [0.05, 0.1) is 5.56 Å². The highest BCUT2D eigenvalue weighted by Gasteiger charge is 2.52. The summed E-state index contributed by atoms with van der Waals surface area (Å²) in [6.45, 7) is 1.44.